The third-order valence-electron chi connectivity index (χ3n) is 3.22. The van der Waals surface area contributed by atoms with Gasteiger partial charge >= 0.3 is 0 Å². The highest BCUT2D eigenvalue weighted by molar-refractivity contribution is 6.31. The van der Waals surface area contributed by atoms with Crippen molar-refractivity contribution in [2.75, 3.05) is 0 Å². The summed E-state index contributed by atoms with van der Waals surface area (Å²) in [4.78, 5) is 0. The molecule has 100 valence electrons. The van der Waals surface area contributed by atoms with Gasteiger partial charge < -0.3 is 5.11 Å². The van der Waals surface area contributed by atoms with Gasteiger partial charge in [0.25, 0.3) is 0 Å². The fraction of sp³-hybridized carbons (Fsp3) is 0.250. The summed E-state index contributed by atoms with van der Waals surface area (Å²) < 4.78 is 13.0. The van der Waals surface area contributed by atoms with Crippen molar-refractivity contribution in [2.24, 2.45) is 0 Å². The van der Waals surface area contributed by atoms with E-state index in [0.717, 1.165) is 16.7 Å². The molecule has 0 aliphatic rings. The normalized spacial score (nSPS) is 14.2. The largest absolute Gasteiger partial charge is 0.385 e. The Labute approximate surface area is 117 Å². The standard InChI is InChI=1S/C16H16ClFO/c1-11-3-6-13(7-4-11)16(2,19)10-12-5-8-14(18)9-15(12)17/h3-9,19H,10H2,1-2H3. The second-order valence-corrected chi connectivity index (χ2v) is 5.46. The number of aliphatic hydroxyl groups is 1. The molecule has 2 rings (SSSR count). The SMILES string of the molecule is Cc1ccc(C(C)(O)Cc2ccc(F)cc2Cl)cc1. The van der Waals surface area contributed by atoms with Crippen LogP contribution in [0.1, 0.15) is 23.6 Å². The lowest BCUT2D eigenvalue weighted by molar-refractivity contribution is 0.0576. The second-order valence-electron chi connectivity index (χ2n) is 5.05. The predicted octanol–water partition coefficient (Wildman–Crippen LogP) is 4.24. The highest BCUT2D eigenvalue weighted by Gasteiger charge is 2.24. The van der Waals surface area contributed by atoms with Crippen LogP contribution in [0.5, 0.6) is 0 Å². The lowest BCUT2D eigenvalue weighted by atomic mass is 9.88. The van der Waals surface area contributed by atoms with Crippen molar-refractivity contribution in [1.29, 1.82) is 0 Å². The minimum absolute atomic E-state index is 0.340. The van der Waals surface area contributed by atoms with Gasteiger partial charge in [-0.1, -0.05) is 47.5 Å². The molecule has 0 aromatic heterocycles. The predicted molar refractivity (Wildman–Crippen MR) is 75.9 cm³/mol. The van der Waals surface area contributed by atoms with Crippen LogP contribution in [0.25, 0.3) is 0 Å². The van der Waals surface area contributed by atoms with Gasteiger partial charge in [0.05, 0.1) is 5.60 Å². The van der Waals surface area contributed by atoms with Crippen molar-refractivity contribution in [1.82, 2.24) is 0 Å². The molecule has 0 amide bonds. The van der Waals surface area contributed by atoms with Crippen molar-refractivity contribution in [3.05, 3.63) is 70.0 Å². The maximum atomic E-state index is 13.0. The number of hydrogen-bond acceptors (Lipinski definition) is 1. The van der Waals surface area contributed by atoms with E-state index in [1.54, 1.807) is 13.0 Å². The molecular weight excluding hydrogens is 263 g/mol. The molecule has 2 aromatic rings. The zero-order valence-electron chi connectivity index (χ0n) is 11.0. The number of halogens is 2. The maximum absolute atomic E-state index is 13.0. The molecule has 0 saturated carbocycles. The average Bonchev–Trinajstić information content (AvgIpc) is 2.33. The molecule has 0 saturated heterocycles. The summed E-state index contributed by atoms with van der Waals surface area (Å²) >= 11 is 6.00. The molecule has 1 nitrogen and oxygen atoms in total. The number of benzene rings is 2. The van der Waals surface area contributed by atoms with E-state index in [1.165, 1.54) is 12.1 Å². The number of rotatable bonds is 3. The summed E-state index contributed by atoms with van der Waals surface area (Å²) in [5.74, 6) is -0.372. The topological polar surface area (TPSA) is 20.2 Å². The second kappa shape index (κ2) is 5.32. The monoisotopic (exact) mass is 278 g/mol. The van der Waals surface area contributed by atoms with Crippen LogP contribution in [-0.2, 0) is 12.0 Å². The third kappa shape index (κ3) is 3.34. The number of aryl methyl sites for hydroxylation is 1. The molecule has 0 fully saturated rings. The lowest BCUT2D eigenvalue weighted by Crippen LogP contribution is -2.24. The van der Waals surface area contributed by atoms with E-state index in [9.17, 15) is 9.50 Å². The van der Waals surface area contributed by atoms with Gasteiger partial charge in [0.15, 0.2) is 0 Å². The Hall–Kier alpha value is -1.38. The van der Waals surface area contributed by atoms with Crippen LogP contribution < -0.4 is 0 Å². The smallest absolute Gasteiger partial charge is 0.124 e. The van der Waals surface area contributed by atoms with Gasteiger partial charge in [-0.25, -0.2) is 4.39 Å². The minimum atomic E-state index is -1.03. The Morgan fingerprint density at radius 1 is 1.16 bits per heavy atom. The Kier molecular flexibility index (Phi) is 3.93. The molecule has 19 heavy (non-hydrogen) atoms. The maximum Gasteiger partial charge on any atom is 0.124 e. The fourth-order valence-corrected chi connectivity index (χ4v) is 2.28. The van der Waals surface area contributed by atoms with Gasteiger partial charge in [-0.2, -0.15) is 0 Å². The molecule has 1 N–H and O–H groups in total. The molecule has 0 aliphatic carbocycles. The van der Waals surface area contributed by atoms with Crippen molar-refractivity contribution in [3.8, 4) is 0 Å². The van der Waals surface area contributed by atoms with Crippen LogP contribution in [0.15, 0.2) is 42.5 Å². The Morgan fingerprint density at radius 3 is 2.37 bits per heavy atom. The first kappa shape index (κ1) is 14.0. The molecular formula is C16H16ClFO. The molecule has 0 bridgehead atoms. The summed E-state index contributed by atoms with van der Waals surface area (Å²) in [6.45, 7) is 3.73. The summed E-state index contributed by atoms with van der Waals surface area (Å²) in [6.07, 6.45) is 0.342. The molecule has 0 heterocycles. The molecule has 0 radical (unpaired) electrons. The van der Waals surface area contributed by atoms with Crippen LogP contribution in [0, 0.1) is 12.7 Å². The summed E-state index contributed by atoms with van der Waals surface area (Å²) in [5, 5.41) is 10.9. The molecule has 3 heteroatoms. The quantitative estimate of drug-likeness (QED) is 0.890. The first-order valence-corrected chi connectivity index (χ1v) is 6.50. The van der Waals surface area contributed by atoms with Gasteiger partial charge in [-0.3, -0.25) is 0 Å². The summed E-state index contributed by atoms with van der Waals surface area (Å²) in [5.41, 5.74) is 1.65. The van der Waals surface area contributed by atoms with Crippen molar-refractivity contribution < 1.29 is 9.50 Å². The first-order valence-electron chi connectivity index (χ1n) is 6.12. The van der Waals surface area contributed by atoms with Crippen molar-refractivity contribution >= 4 is 11.6 Å². The highest BCUT2D eigenvalue weighted by atomic mass is 35.5. The summed E-state index contributed by atoms with van der Waals surface area (Å²) in [7, 11) is 0. The minimum Gasteiger partial charge on any atom is -0.385 e. The third-order valence-corrected chi connectivity index (χ3v) is 3.58. The van der Waals surface area contributed by atoms with Crippen molar-refractivity contribution in [2.45, 2.75) is 25.9 Å². The van der Waals surface area contributed by atoms with E-state index in [4.69, 9.17) is 11.6 Å². The van der Waals surface area contributed by atoms with Crippen LogP contribution in [0.4, 0.5) is 4.39 Å². The Morgan fingerprint density at radius 2 is 1.79 bits per heavy atom. The van der Waals surface area contributed by atoms with E-state index in [0.29, 0.717) is 11.4 Å². The van der Waals surface area contributed by atoms with Crippen LogP contribution in [0.3, 0.4) is 0 Å². The van der Waals surface area contributed by atoms with E-state index in [2.05, 4.69) is 0 Å². The van der Waals surface area contributed by atoms with Gasteiger partial charge in [-0.05, 0) is 37.1 Å². The average molecular weight is 279 g/mol. The van der Waals surface area contributed by atoms with E-state index >= 15 is 0 Å². The van der Waals surface area contributed by atoms with Crippen LogP contribution >= 0.6 is 11.6 Å². The number of hydrogen-bond donors (Lipinski definition) is 1. The molecule has 1 atom stereocenters. The Bertz CT molecular complexity index is 576. The van der Waals surface area contributed by atoms with Gasteiger partial charge in [0.1, 0.15) is 5.82 Å². The van der Waals surface area contributed by atoms with Gasteiger partial charge in [-0.15, -0.1) is 0 Å². The molecule has 0 spiro atoms. The fourth-order valence-electron chi connectivity index (χ4n) is 2.05. The van der Waals surface area contributed by atoms with E-state index in [1.807, 2.05) is 31.2 Å². The zero-order valence-corrected chi connectivity index (χ0v) is 11.7. The van der Waals surface area contributed by atoms with Crippen molar-refractivity contribution in [3.63, 3.8) is 0 Å². The van der Waals surface area contributed by atoms with Crippen LogP contribution in [0.2, 0.25) is 5.02 Å². The zero-order chi connectivity index (χ0) is 14.0. The van der Waals surface area contributed by atoms with E-state index < -0.39 is 5.60 Å². The van der Waals surface area contributed by atoms with E-state index in [-0.39, 0.29) is 5.82 Å². The van der Waals surface area contributed by atoms with Gasteiger partial charge in [0, 0.05) is 11.4 Å². The first-order chi connectivity index (χ1) is 8.88. The molecule has 1 unspecified atom stereocenters. The molecule has 2 aromatic carbocycles. The Balaban J connectivity index is 2.27. The molecule has 0 aliphatic heterocycles. The highest BCUT2D eigenvalue weighted by Crippen LogP contribution is 2.29. The summed E-state index contributed by atoms with van der Waals surface area (Å²) in [6, 6.07) is 11.9. The van der Waals surface area contributed by atoms with Crippen LogP contribution in [-0.4, -0.2) is 5.11 Å². The lowest BCUT2D eigenvalue weighted by Gasteiger charge is -2.24. The van der Waals surface area contributed by atoms with Gasteiger partial charge in [0.2, 0.25) is 0 Å².